The first-order chi connectivity index (χ1) is 19.8. The Morgan fingerprint density at radius 3 is 1.78 bits per heavy atom. The molecule has 3 aromatic carbocycles. The van der Waals surface area contributed by atoms with Crippen molar-refractivity contribution in [2.75, 3.05) is 38.8 Å². The minimum atomic E-state index is -0.813. The lowest BCUT2D eigenvalue weighted by molar-refractivity contribution is -0.384. The van der Waals surface area contributed by atoms with E-state index in [1.807, 2.05) is 24.0 Å². The number of Topliss-reactive ketones (excluding diaryl/α,β-unsaturated/α-hetero) is 1. The van der Waals surface area contributed by atoms with E-state index in [4.69, 9.17) is 14.2 Å². The summed E-state index contributed by atoms with van der Waals surface area (Å²) in [6, 6.07) is 16.2. The molecule has 13 nitrogen and oxygen atoms in total. The average molecular weight is 563 g/mol. The Bertz CT molecular complexity index is 1420. The summed E-state index contributed by atoms with van der Waals surface area (Å²) in [4.78, 5) is 35.3. The SMILES string of the molecule is CCC(=O)C(=O)OCCN(CC)c1ccc(/N=N/c2cc(OC)c(/N=N/c3ccc([N+](=O)[O-])cc3)cc2OC)cc1. The molecule has 0 heterocycles. The molecule has 0 radical (unpaired) electrons. The van der Waals surface area contributed by atoms with Gasteiger partial charge in [0.05, 0.1) is 37.1 Å². The number of ketones is 1. The highest BCUT2D eigenvalue weighted by Gasteiger charge is 2.14. The van der Waals surface area contributed by atoms with Crippen LogP contribution in [0.1, 0.15) is 20.3 Å². The number of non-ortho nitro benzene ring substituents is 1. The van der Waals surface area contributed by atoms with Crippen LogP contribution in [-0.4, -0.2) is 50.6 Å². The molecule has 214 valence electrons. The van der Waals surface area contributed by atoms with E-state index in [-0.39, 0.29) is 18.7 Å². The number of esters is 1. The number of nitrogens with zero attached hydrogens (tertiary/aromatic N) is 6. The van der Waals surface area contributed by atoms with Crippen molar-refractivity contribution in [2.45, 2.75) is 20.3 Å². The fraction of sp³-hybridized carbons (Fsp3) is 0.286. The number of anilines is 1. The quantitative estimate of drug-likeness (QED) is 0.0683. The maximum absolute atomic E-state index is 11.6. The molecule has 0 atom stereocenters. The number of benzene rings is 3. The summed E-state index contributed by atoms with van der Waals surface area (Å²) in [5.41, 5.74) is 2.65. The summed E-state index contributed by atoms with van der Waals surface area (Å²) in [6.45, 7) is 4.80. The molecule has 41 heavy (non-hydrogen) atoms. The highest BCUT2D eigenvalue weighted by atomic mass is 16.6. The number of nitro benzene ring substituents is 1. The third-order valence-corrected chi connectivity index (χ3v) is 5.83. The van der Waals surface area contributed by atoms with Crippen LogP contribution in [0.2, 0.25) is 0 Å². The van der Waals surface area contributed by atoms with Gasteiger partial charge in [0.2, 0.25) is 5.78 Å². The molecule has 0 unspecified atom stereocenters. The van der Waals surface area contributed by atoms with E-state index in [2.05, 4.69) is 20.5 Å². The average Bonchev–Trinajstić information content (AvgIpc) is 3.00. The fourth-order valence-electron chi connectivity index (χ4n) is 3.56. The zero-order valence-corrected chi connectivity index (χ0v) is 23.1. The molecule has 0 aliphatic heterocycles. The Balaban J connectivity index is 1.71. The molecule has 0 aliphatic rings. The molecule has 13 heteroatoms. The molecule has 0 amide bonds. The zero-order chi connectivity index (χ0) is 29.8. The highest BCUT2D eigenvalue weighted by molar-refractivity contribution is 6.33. The standard InChI is InChI=1S/C28H30N6O7/c1-5-25(35)28(36)41-16-15-33(6-2)21-11-7-19(8-12-21)29-31-23-17-27(40-4)24(18-26(23)39-3)32-30-20-9-13-22(14-10-20)34(37)38/h7-14,17-18H,5-6,15-16H2,1-4H3/b31-29+,32-30+. The molecule has 0 aliphatic carbocycles. The molecule has 0 N–H and O–H groups in total. The van der Waals surface area contributed by atoms with Gasteiger partial charge in [0.25, 0.3) is 5.69 Å². The molecule has 0 aromatic heterocycles. The number of carbonyl (C=O) groups is 2. The molecule has 0 spiro atoms. The second-order valence-corrected chi connectivity index (χ2v) is 8.38. The van der Waals surface area contributed by atoms with E-state index < -0.39 is 16.7 Å². The zero-order valence-electron chi connectivity index (χ0n) is 23.1. The van der Waals surface area contributed by atoms with Gasteiger partial charge in [-0.15, -0.1) is 10.2 Å². The van der Waals surface area contributed by atoms with Gasteiger partial charge >= 0.3 is 5.97 Å². The van der Waals surface area contributed by atoms with Crippen molar-refractivity contribution in [2.24, 2.45) is 20.5 Å². The highest BCUT2D eigenvalue weighted by Crippen LogP contribution is 2.41. The van der Waals surface area contributed by atoms with Crippen molar-refractivity contribution in [3.8, 4) is 11.5 Å². The number of carbonyl (C=O) groups excluding carboxylic acids is 2. The molecule has 0 saturated heterocycles. The van der Waals surface area contributed by atoms with Crippen molar-refractivity contribution >= 4 is 45.9 Å². The van der Waals surface area contributed by atoms with E-state index in [0.29, 0.717) is 47.3 Å². The van der Waals surface area contributed by atoms with E-state index in [1.54, 1.807) is 31.2 Å². The lowest BCUT2D eigenvalue weighted by atomic mass is 10.2. The largest absolute Gasteiger partial charge is 0.494 e. The summed E-state index contributed by atoms with van der Waals surface area (Å²) < 4.78 is 15.9. The van der Waals surface area contributed by atoms with Crippen molar-refractivity contribution in [3.63, 3.8) is 0 Å². The van der Waals surface area contributed by atoms with E-state index in [1.165, 1.54) is 38.5 Å². The second-order valence-electron chi connectivity index (χ2n) is 8.38. The molecule has 3 aromatic rings. The predicted molar refractivity (Wildman–Crippen MR) is 152 cm³/mol. The number of methoxy groups -OCH3 is 2. The van der Waals surface area contributed by atoms with Crippen LogP contribution in [0.25, 0.3) is 0 Å². The monoisotopic (exact) mass is 562 g/mol. The van der Waals surface area contributed by atoms with E-state index in [9.17, 15) is 19.7 Å². The normalized spacial score (nSPS) is 11.0. The number of rotatable bonds is 14. The molecule has 0 saturated carbocycles. The Hall–Kier alpha value is -5.20. The number of nitro groups is 1. The van der Waals surface area contributed by atoms with Crippen LogP contribution in [0.15, 0.2) is 81.1 Å². The number of azo groups is 2. The van der Waals surface area contributed by atoms with Crippen molar-refractivity contribution in [3.05, 3.63) is 70.8 Å². The third-order valence-electron chi connectivity index (χ3n) is 5.83. The van der Waals surface area contributed by atoms with Gasteiger partial charge in [0.15, 0.2) is 0 Å². The number of hydrogen-bond acceptors (Lipinski definition) is 12. The van der Waals surface area contributed by atoms with Crippen LogP contribution in [-0.2, 0) is 14.3 Å². The number of hydrogen-bond donors (Lipinski definition) is 0. The van der Waals surface area contributed by atoms with Crippen molar-refractivity contribution in [1.29, 1.82) is 0 Å². The van der Waals surface area contributed by atoms with Crippen molar-refractivity contribution < 1.29 is 28.7 Å². The minimum absolute atomic E-state index is 0.0425. The van der Waals surface area contributed by atoms with Crippen LogP contribution < -0.4 is 14.4 Å². The lowest BCUT2D eigenvalue weighted by Crippen LogP contribution is -2.29. The minimum Gasteiger partial charge on any atom is -0.494 e. The van der Waals surface area contributed by atoms with E-state index >= 15 is 0 Å². The molecule has 0 fully saturated rings. The molecule has 3 rings (SSSR count). The maximum Gasteiger partial charge on any atom is 0.374 e. The van der Waals surface area contributed by atoms with Gasteiger partial charge in [0, 0.05) is 42.9 Å². The fourth-order valence-corrected chi connectivity index (χ4v) is 3.56. The van der Waals surface area contributed by atoms with Crippen LogP contribution in [0, 0.1) is 10.1 Å². The summed E-state index contributed by atoms with van der Waals surface area (Å²) in [5, 5.41) is 27.8. The first-order valence-electron chi connectivity index (χ1n) is 12.7. The maximum atomic E-state index is 11.6. The van der Waals surface area contributed by atoms with Gasteiger partial charge in [-0.1, -0.05) is 6.92 Å². The van der Waals surface area contributed by atoms with Gasteiger partial charge in [-0.25, -0.2) is 4.79 Å². The van der Waals surface area contributed by atoms with Crippen LogP contribution in [0.5, 0.6) is 11.5 Å². The van der Waals surface area contributed by atoms with Gasteiger partial charge in [0.1, 0.15) is 29.5 Å². The first kappa shape index (κ1) is 30.3. The Labute approximate surface area is 236 Å². The Kier molecular flexibility index (Phi) is 11.0. The topological polar surface area (TPSA) is 158 Å². The summed E-state index contributed by atoms with van der Waals surface area (Å²) in [5.74, 6) is -0.594. The van der Waals surface area contributed by atoms with Crippen molar-refractivity contribution in [1.82, 2.24) is 0 Å². The van der Waals surface area contributed by atoms with Gasteiger partial charge in [-0.05, 0) is 43.3 Å². The third kappa shape index (κ3) is 8.39. The summed E-state index contributed by atoms with van der Waals surface area (Å²) in [7, 11) is 2.97. The second kappa shape index (κ2) is 14.8. The number of ether oxygens (including phenoxy) is 3. The number of likely N-dealkylation sites (N-methyl/N-ethyl adjacent to an activating group) is 1. The summed E-state index contributed by atoms with van der Waals surface area (Å²) in [6.07, 6.45) is 0.116. The van der Waals surface area contributed by atoms with Gasteiger partial charge in [-0.2, -0.15) is 10.2 Å². The van der Waals surface area contributed by atoms with Crippen LogP contribution in [0.4, 0.5) is 34.1 Å². The van der Waals surface area contributed by atoms with Gasteiger partial charge in [-0.3, -0.25) is 14.9 Å². The van der Waals surface area contributed by atoms with E-state index in [0.717, 1.165) is 5.69 Å². The smallest absolute Gasteiger partial charge is 0.374 e. The van der Waals surface area contributed by atoms with Crippen LogP contribution in [0.3, 0.4) is 0 Å². The molecular formula is C28H30N6O7. The van der Waals surface area contributed by atoms with Gasteiger partial charge < -0.3 is 19.1 Å². The Morgan fingerprint density at radius 2 is 1.34 bits per heavy atom. The molecular weight excluding hydrogens is 532 g/mol. The van der Waals surface area contributed by atoms with Crippen LogP contribution >= 0.6 is 0 Å². The lowest BCUT2D eigenvalue weighted by Gasteiger charge is -2.22. The first-order valence-corrected chi connectivity index (χ1v) is 12.7. The predicted octanol–water partition coefficient (Wildman–Crippen LogP) is 6.79. The Morgan fingerprint density at radius 1 is 0.829 bits per heavy atom. The summed E-state index contributed by atoms with van der Waals surface area (Å²) >= 11 is 0. The molecule has 0 bridgehead atoms.